The van der Waals surface area contributed by atoms with Crippen LogP contribution in [0.4, 0.5) is 0 Å². The van der Waals surface area contributed by atoms with Crippen molar-refractivity contribution in [2.24, 2.45) is 11.3 Å². The molecule has 0 aliphatic carbocycles. The highest BCUT2D eigenvalue weighted by atomic mass is 16.5. The molecule has 4 heterocycles. The molecule has 4 nitrogen and oxygen atoms in total. The average Bonchev–Trinajstić information content (AvgIpc) is 2.61. The summed E-state index contributed by atoms with van der Waals surface area (Å²) in [6, 6.07) is 12.5. The van der Waals surface area contributed by atoms with Crippen LogP contribution in [-0.4, -0.2) is 35.2 Å². The van der Waals surface area contributed by atoms with Crippen molar-refractivity contribution < 1.29 is 9.47 Å². The van der Waals surface area contributed by atoms with Crippen LogP contribution >= 0.6 is 0 Å². The minimum Gasteiger partial charge on any atom is -0.487 e. The van der Waals surface area contributed by atoms with Gasteiger partial charge < -0.3 is 9.47 Å². The summed E-state index contributed by atoms with van der Waals surface area (Å²) in [5.74, 6) is 1.38. The van der Waals surface area contributed by atoms with Crippen LogP contribution in [0.5, 0.6) is 5.75 Å². The molecular formula is C22H26N2O2. The number of nitrogens with zero attached hydrogens (tertiary/aromatic N) is 2. The molecule has 2 saturated heterocycles. The van der Waals surface area contributed by atoms with Crippen molar-refractivity contribution in [3.63, 3.8) is 0 Å². The summed E-state index contributed by atoms with van der Waals surface area (Å²) in [5.41, 5.74) is 2.58. The lowest BCUT2D eigenvalue weighted by molar-refractivity contribution is -0.200. The van der Waals surface area contributed by atoms with Gasteiger partial charge in [-0.3, -0.25) is 9.88 Å². The topological polar surface area (TPSA) is 34.6 Å². The molecule has 0 saturated carbocycles. The number of hydrogen-bond donors (Lipinski definition) is 0. The van der Waals surface area contributed by atoms with Crippen LogP contribution in [0.1, 0.15) is 37.5 Å². The Bertz CT molecular complexity index is 799. The number of ether oxygens (including phenoxy) is 2. The van der Waals surface area contributed by atoms with Gasteiger partial charge in [0.25, 0.3) is 0 Å². The zero-order valence-electron chi connectivity index (χ0n) is 15.5. The van der Waals surface area contributed by atoms with Crippen LogP contribution in [0.15, 0.2) is 48.8 Å². The monoisotopic (exact) mass is 350 g/mol. The first-order chi connectivity index (χ1) is 12.5. The van der Waals surface area contributed by atoms with E-state index in [4.69, 9.17) is 9.47 Å². The van der Waals surface area contributed by atoms with Crippen molar-refractivity contribution in [1.29, 1.82) is 0 Å². The Balaban J connectivity index is 1.32. The molecule has 1 spiro atoms. The van der Waals surface area contributed by atoms with Gasteiger partial charge in [0.05, 0.1) is 12.7 Å². The van der Waals surface area contributed by atoms with Gasteiger partial charge in [-0.25, -0.2) is 0 Å². The maximum atomic E-state index is 6.48. The molecule has 136 valence electrons. The van der Waals surface area contributed by atoms with Gasteiger partial charge >= 0.3 is 0 Å². The van der Waals surface area contributed by atoms with Gasteiger partial charge in [0.1, 0.15) is 11.4 Å². The van der Waals surface area contributed by atoms with E-state index in [1.165, 1.54) is 17.5 Å². The molecule has 1 aromatic heterocycles. The summed E-state index contributed by atoms with van der Waals surface area (Å²) >= 11 is 0. The Morgan fingerprint density at radius 1 is 1.15 bits per heavy atom. The third-order valence-electron chi connectivity index (χ3n) is 6.33. The second-order valence-electron chi connectivity index (χ2n) is 8.79. The predicted molar refractivity (Wildman–Crippen MR) is 99.9 cm³/mol. The summed E-state index contributed by atoms with van der Waals surface area (Å²) in [4.78, 5) is 6.73. The lowest BCUT2D eigenvalue weighted by Gasteiger charge is -2.58. The van der Waals surface area contributed by atoms with Crippen LogP contribution in [0.3, 0.4) is 0 Å². The van der Waals surface area contributed by atoms with Gasteiger partial charge in [-0.1, -0.05) is 24.3 Å². The summed E-state index contributed by atoms with van der Waals surface area (Å²) in [7, 11) is 0. The van der Waals surface area contributed by atoms with Crippen LogP contribution in [0.25, 0.3) is 0 Å². The SMILES string of the molecule is CC1(C)Oc2ccccc2[C@H]2OCC3(C[C@@H]21)CN(Cc1cccnc1)C3. The number of hydrogen-bond acceptors (Lipinski definition) is 4. The molecule has 0 amide bonds. The molecule has 2 aromatic rings. The fourth-order valence-electron chi connectivity index (χ4n) is 5.08. The molecule has 0 bridgehead atoms. The van der Waals surface area contributed by atoms with E-state index in [1.807, 2.05) is 24.5 Å². The fraction of sp³-hybridized carbons (Fsp3) is 0.500. The molecule has 2 fully saturated rings. The molecule has 0 N–H and O–H groups in total. The predicted octanol–water partition coefficient (Wildman–Crippen LogP) is 3.83. The second-order valence-corrected chi connectivity index (χ2v) is 8.79. The molecule has 5 rings (SSSR count). The van der Waals surface area contributed by atoms with E-state index in [1.54, 1.807) is 0 Å². The largest absolute Gasteiger partial charge is 0.487 e. The molecule has 26 heavy (non-hydrogen) atoms. The van der Waals surface area contributed by atoms with Gasteiger partial charge in [0.15, 0.2) is 0 Å². The number of benzene rings is 1. The van der Waals surface area contributed by atoms with Gasteiger partial charge in [0, 0.05) is 48.9 Å². The first-order valence-electron chi connectivity index (χ1n) is 9.56. The Morgan fingerprint density at radius 3 is 2.81 bits per heavy atom. The third kappa shape index (κ3) is 2.63. The van der Waals surface area contributed by atoms with E-state index in [2.05, 4.69) is 48.0 Å². The number of fused-ring (bicyclic) bond motifs is 3. The lowest BCUT2D eigenvalue weighted by atomic mass is 9.64. The van der Waals surface area contributed by atoms with E-state index in [0.717, 1.165) is 32.0 Å². The van der Waals surface area contributed by atoms with Crippen LogP contribution in [-0.2, 0) is 11.3 Å². The minimum atomic E-state index is -0.198. The zero-order valence-corrected chi connectivity index (χ0v) is 15.5. The van der Waals surface area contributed by atoms with Crippen molar-refractivity contribution in [2.75, 3.05) is 19.7 Å². The highest BCUT2D eigenvalue weighted by Crippen LogP contribution is 2.55. The molecule has 2 atom stereocenters. The van der Waals surface area contributed by atoms with E-state index in [0.29, 0.717) is 5.92 Å². The smallest absolute Gasteiger partial charge is 0.125 e. The summed E-state index contributed by atoms with van der Waals surface area (Å²) in [6.07, 6.45) is 5.13. The van der Waals surface area contributed by atoms with Crippen molar-refractivity contribution in [1.82, 2.24) is 9.88 Å². The standard InChI is InChI=1S/C22H26N2O2/c1-21(2)18-10-22(13-24(14-22)12-16-6-5-9-23-11-16)15-25-20(18)17-7-3-4-8-19(17)26-21/h3-9,11,18,20H,10,12-15H2,1-2H3/t18-,20+/m0/s1. The van der Waals surface area contributed by atoms with Crippen molar-refractivity contribution in [3.05, 3.63) is 59.9 Å². The van der Waals surface area contributed by atoms with E-state index in [9.17, 15) is 0 Å². The van der Waals surface area contributed by atoms with Crippen LogP contribution < -0.4 is 4.74 Å². The number of pyridine rings is 1. The molecular weight excluding hydrogens is 324 g/mol. The lowest BCUT2D eigenvalue weighted by Crippen LogP contribution is -2.63. The highest BCUT2D eigenvalue weighted by Gasteiger charge is 2.55. The summed E-state index contributed by atoms with van der Waals surface area (Å²) < 4.78 is 12.9. The Hall–Kier alpha value is -1.91. The Morgan fingerprint density at radius 2 is 2.00 bits per heavy atom. The van der Waals surface area contributed by atoms with Crippen molar-refractivity contribution in [2.45, 2.75) is 38.5 Å². The maximum Gasteiger partial charge on any atom is 0.125 e. The van der Waals surface area contributed by atoms with E-state index < -0.39 is 0 Å². The second kappa shape index (κ2) is 5.80. The van der Waals surface area contributed by atoms with Crippen molar-refractivity contribution in [3.8, 4) is 5.75 Å². The van der Waals surface area contributed by atoms with Crippen LogP contribution in [0, 0.1) is 11.3 Å². The highest BCUT2D eigenvalue weighted by molar-refractivity contribution is 5.39. The maximum absolute atomic E-state index is 6.48. The number of rotatable bonds is 2. The molecule has 3 aliphatic heterocycles. The summed E-state index contributed by atoms with van der Waals surface area (Å²) in [5, 5.41) is 0. The molecule has 3 aliphatic rings. The first kappa shape index (κ1) is 16.3. The third-order valence-corrected chi connectivity index (χ3v) is 6.33. The van der Waals surface area contributed by atoms with Gasteiger partial charge in [-0.2, -0.15) is 0 Å². The molecule has 1 aromatic carbocycles. The number of para-hydroxylation sites is 1. The van der Waals surface area contributed by atoms with Gasteiger partial charge in [-0.05, 0) is 38.0 Å². The van der Waals surface area contributed by atoms with Gasteiger partial charge in [-0.15, -0.1) is 0 Å². The van der Waals surface area contributed by atoms with E-state index in [-0.39, 0.29) is 17.1 Å². The number of likely N-dealkylation sites (tertiary alicyclic amines) is 1. The van der Waals surface area contributed by atoms with Crippen molar-refractivity contribution >= 4 is 0 Å². The minimum absolute atomic E-state index is 0.160. The Kier molecular flexibility index (Phi) is 3.63. The molecule has 0 radical (unpaired) electrons. The number of aromatic nitrogens is 1. The quantitative estimate of drug-likeness (QED) is 0.824. The molecule has 4 heteroatoms. The fourth-order valence-corrected chi connectivity index (χ4v) is 5.08. The molecule has 0 unspecified atom stereocenters. The van der Waals surface area contributed by atoms with E-state index >= 15 is 0 Å². The normalized spacial score (nSPS) is 28.5. The summed E-state index contributed by atoms with van der Waals surface area (Å²) in [6.45, 7) is 8.46. The first-order valence-corrected chi connectivity index (χ1v) is 9.56. The van der Waals surface area contributed by atoms with Gasteiger partial charge in [0.2, 0.25) is 0 Å². The van der Waals surface area contributed by atoms with Crippen LogP contribution in [0.2, 0.25) is 0 Å². The zero-order chi connectivity index (χ0) is 17.8. The average molecular weight is 350 g/mol. The Labute approximate surface area is 155 Å².